The maximum atomic E-state index is 5.49. The molecule has 0 amide bonds. The predicted molar refractivity (Wildman–Crippen MR) is 55.7 cm³/mol. The molecule has 1 aliphatic heterocycles. The maximum absolute atomic E-state index is 5.49. The van der Waals surface area contributed by atoms with Crippen LogP contribution < -0.4 is 5.32 Å². The van der Waals surface area contributed by atoms with Crippen LogP contribution in [-0.2, 0) is 9.47 Å². The van der Waals surface area contributed by atoms with Crippen LogP contribution >= 0.6 is 0 Å². The highest BCUT2D eigenvalue weighted by atomic mass is 16.5. The first kappa shape index (κ1) is 10.3. The second kappa shape index (κ2) is 4.55. The Bertz CT molecular complexity index is 299. The molecule has 1 fully saturated rings. The summed E-state index contributed by atoms with van der Waals surface area (Å²) in [7, 11) is 1.72. The molecule has 1 aromatic rings. The van der Waals surface area contributed by atoms with E-state index in [1.807, 2.05) is 6.07 Å². The van der Waals surface area contributed by atoms with Crippen molar-refractivity contribution in [3.05, 3.63) is 18.6 Å². The van der Waals surface area contributed by atoms with Crippen LogP contribution in [0.4, 0.5) is 5.82 Å². The molecular weight excluding hydrogens is 194 g/mol. The summed E-state index contributed by atoms with van der Waals surface area (Å²) in [4.78, 5) is 7.94. The van der Waals surface area contributed by atoms with E-state index in [0.717, 1.165) is 18.8 Å². The summed E-state index contributed by atoms with van der Waals surface area (Å²) in [5.41, 5.74) is -0.203. The lowest BCUT2D eigenvalue weighted by atomic mass is 10.0. The molecular formula is C10H15N3O2. The molecule has 5 heteroatoms. The number of aromatic nitrogens is 2. The first-order chi connectivity index (χ1) is 7.35. The molecule has 1 saturated heterocycles. The van der Waals surface area contributed by atoms with Gasteiger partial charge in [-0.05, 0) is 6.07 Å². The van der Waals surface area contributed by atoms with Crippen molar-refractivity contribution in [1.82, 2.24) is 9.97 Å². The van der Waals surface area contributed by atoms with Crippen LogP contribution in [0, 0.1) is 0 Å². The molecule has 2 rings (SSSR count). The van der Waals surface area contributed by atoms with Crippen LogP contribution in [0.2, 0.25) is 0 Å². The quantitative estimate of drug-likeness (QED) is 0.790. The zero-order valence-corrected chi connectivity index (χ0v) is 8.77. The van der Waals surface area contributed by atoms with E-state index in [9.17, 15) is 0 Å². The van der Waals surface area contributed by atoms with E-state index >= 15 is 0 Å². The van der Waals surface area contributed by atoms with Gasteiger partial charge in [-0.2, -0.15) is 0 Å². The molecule has 0 bridgehead atoms. The summed E-state index contributed by atoms with van der Waals surface area (Å²) in [5.74, 6) is 0.813. The first-order valence-electron chi connectivity index (χ1n) is 4.97. The summed E-state index contributed by atoms with van der Waals surface area (Å²) in [6, 6.07) is 1.83. The van der Waals surface area contributed by atoms with Crippen molar-refractivity contribution in [1.29, 1.82) is 0 Å². The lowest BCUT2D eigenvalue weighted by Gasteiger charge is -2.25. The highest BCUT2D eigenvalue weighted by molar-refractivity contribution is 5.32. The number of methoxy groups -OCH3 is 1. The van der Waals surface area contributed by atoms with E-state index in [4.69, 9.17) is 9.47 Å². The topological polar surface area (TPSA) is 56.3 Å². The fourth-order valence-electron chi connectivity index (χ4n) is 1.61. The van der Waals surface area contributed by atoms with Crippen LogP contribution in [0.15, 0.2) is 18.6 Å². The Morgan fingerprint density at radius 1 is 1.67 bits per heavy atom. The average molecular weight is 209 g/mol. The standard InChI is InChI=1S/C10H15N3O2/c1-14-10(3-5-15-7-10)6-12-9-2-4-11-8-13-9/h2,4,8H,3,5-7H2,1H3,(H,11,12,13). The number of rotatable bonds is 4. The van der Waals surface area contributed by atoms with E-state index in [-0.39, 0.29) is 5.60 Å². The Labute approximate surface area is 88.8 Å². The van der Waals surface area contributed by atoms with Crippen molar-refractivity contribution < 1.29 is 9.47 Å². The van der Waals surface area contributed by atoms with Gasteiger partial charge in [0.05, 0.1) is 6.61 Å². The molecule has 82 valence electrons. The van der Waals surface area contributed by atoms with Gasteiger partial charge in [0.15, 0.2) is 0 Å². The molecule has 0 spiro atoms. The molecule has 15 heavy (non-hydrogen) atoms. The first-order valence-corrected chi connectivity index (χ1v) is 4.97. The second-order valence-electron chi connectivity index (χ2n) is 3.64. The molecule has 0 saturated carbocycles. The smallest absolute Gasteiger partial charge is 0.129 e. The van der Waals surface area contributed by atoms with Crippen LogP contribution in [0.25, 0.3) is 0 Å². The van der Waals surface area contributed by atoms with Crippen molar-refractivity contribution in [3.63, 3.8) is 0 Å². The predicted octanol–water partition coefficient (Wildman–Crippen LogP) is 0.694. The summed E-state index contributed by atoms with van der Waals surface area (Å²) in [5, 5.41) is 3.22. The van der Waals surface area contributed by atoms with Gasteiger partial charge in [0.1, 0.15) is 17.7 Å². The third kappa shape index (κ3) is 2.43. The van der Waals surface area contributed by atoms with E-state index < -0.39 is 0 Å². The molecule has 0 aromatic carbocycles. The van der Waals surface area contributed by atoms with Gasteiger partial charge in [-0.1, -0.05) is 0 Å². The molecule has 1 N–H and O–H groups in total. The van der Waals surface area contributed by atoms with Crippen LogP contribution in [0.1, 0.15) is 6.42 Å². The number of hydrogen-bond acceptors (Lipinski definition) is 5. The Morgan fingerprint density at radius 2 is 2.60 bits per heavy atom. The third-order valence-electron chi connectivity index (χ3n) is 2.67. The Kier molecular flexibility index (Phi) is 3.13. The molecule has 0 radical (unpaired) electrons. The number of nitrogens with zero attached hydrogens (tertiary/aromatic N) is 2. The molecule has 1 aromatic heterocycles. The van der Waals surface area contributed by atoms with Crippen molar-refractivity contribution in [2.75, 3.05) is 32.2 Å². The molecule has 5 nitrogen and oxygen atoms in total. The fourth-order valence-corrected chi connectivity index (χ4v) is 1.61. The van der Waals surface area contributed by atoms with Gasteiger partial charge in [0, 0.05) is 32.9 Å². The van der Waals surface area contributed by atoms with Crippen molar-refractivity contribution in [2.45, 2.75) is 12.0 Å². The van der Waals surface area contributed by atoms with Crippen LogP contribution in [0.5, 0.6) is 0 Å². The Balaban J connectivity index is 1.92. The number of anilines is 1. The summed E-state index contributed by atoms with van der Waals surface area (Å²) in [6.45, 7) is 2.11. The van der Waals surface area contributed by atoms with Crippen molar-refractivity contribution in [2.24, 2.45) is 0 Å². The van der Waals surface area contributed by atoms with E-state index in [0.29, 0.717) is 13.2 Å². The van der Waals surface area contributed by atoms with E-state index in [1.54, 1.807) is 13.3 Å². The lowest BCUT2D eigenvalue weighted by molar-refractivity contribution is -0.00625. The SMILES string of the molecule is COC1(CNc2ccncn2)CCOC1. The third-order valence-corrected chi connectivity index (χ3v) is 2.67. The molecule has 1 atom stereocenters. The maximum Gasteiger partial charge on any atom is 0.129 e. The lowest BCUT2D eigenvalue weighted by Crippen LogP contribution is -2.39. The number of ether oxygens (including phenoxy) is 2. The van der Waals surface area contributed by atoms with Gasteiger partial charge in [-0.15, -0.1) is 0 Å². The minimum absolute atomic E-state index is 0.203. The largest absolute Gasteiger partial charge is 0.378 e. The fraction of sp³-hybridized carbons (Fsp3) is 0.600. The minimum Gasteiger partial charge on any atom is -0.378 e. The summed E-state index contributed by atoms with van der Waals surface area (Å²) < 4.78 is 10.8. The molecule has 1 unspecified atom stereocenters. The van der Waals surface area contributed by atoms with E-state index in [2.05, 4.69) is 15.3 Å². The number of hydrogen-bond donors (Lipinski definition) is 1. The second-order valence-corrected chi connectivity index (χ2v) is 3.64. The molecule has 2 heterocycles. The monoisotopic (exact) mass is 209 g/mol. The van der Waals surface area contributed by atoms with Gasteiger partial charge in [0.2, 0.25) is 0 Å². The summed E-state index contributed by atoms with van der Waals surface area (Å²) in [6.07, 6.45) is 4.15. The summed E-state index contributed by atoms with van der Waals surface area (Å²) >= 11 is 0. The van der Waals surface area contributed by atoms with Gasteiger partial charge >= 0.3 is 0 Å². The van der Waals surface area contributed by atoms with Crippen molar-refractivity contribution in [3.8, 4) is 0 Å². The van der Waals surface area contributed by atoms with Crippen LogP contribution in [0.3, 0.4) is 0 Å². The zero-order valence-electron chi connectivity index (χ0n) is 8.77. The highest BCUT2D eigenvalue weighted by Crippen LogP contribution is 2.22. The van der Waals surface area contributed by atoms with Crippen LogP contribution in [-0.4, -0.2) is 42.4 Å². The molecule has 0 aliphatic carbocycles. The van der Waals surface area contributed by atoms with Gasteiger partial charge in [-0.25, -0.2) is 9.97 Å². The minimum atomic E-state index is -0.203. The highest BCUT2D eigenvalue weighted by Gasteiger charge is 2.34. The zero-order chi connectivity index (χ0) is 10.6. The Hall–Kier alpha value is -1.20. The normalized spacial score (nSPS) is 25.4. The van der Waals surface area contributed by atoms with E-state index in [1.165, 1.54) is 6.33 Å². The van der Waals surface area contributed by atoms with Gasteiger partial charge in [-0.3, -0.25) is 0 Å². The van der Waals surface area contributed by atoms with Gasteiger partial charge in [0.25, 0.3) is 0 Å². The van der Waals surface area contributed by atoms with Gasteiger partial charge < -0.3 is 14.8 Å². The molecule has 1 aliphatic rings. The number of nitrogens with one attached hydrogen (secondary N) is 1. The average Bonchev–Trinajstić information content (AvgIpc) is 2.77. The van der Waals surface area contributed by atoms with Crippen molar-refractivity contribution >= 4 is 5.82 Å². The Morgan fingerprint density at radius 3 is 3.20 bits per heavy atom.